The second-order valence-corrected chi connectivity index (χ2v) is 7.60. The lowest BCUT2D eigenvalue weighted by Gasteiger charge is -2.30. The van der Waals surface area contributed by atoms with Crippen molar-refractivity contribution in [3.63, 3.8) is 0 Å². The minimum atomic E-state index is -1.14. The monoisotopic (exact) mass is 393 g/mol. The number of primary amides is 1. The Morgan fingerprint density at radius 3 is 2.75 bits per heavy atom. The summed E-state index contributed by atoms with van der Waals surface area (Å²) in [5.74, 6) is 1.09. The van der Waals surface area contributed by atoms with Crippen molar-refractivity contribution in [2.45, 2.75) is 45.1 Å². The van der Waals surface area contributed by atoms with Crippen molar-refractivity contribution in [1.82, 2.24) is 15.5 Å². The maximum Gasteiger partial charge on any atom is 0.220 e. The maximum absolute atomic E-state index is 11.2. The average molecular weight is 394 g/mol. The Kier molecular flexibility index (Phi) is 8.79. The number of nitrogens with zero attached hydrogens (tertiary/aromatic N) is 2. The van der Waals surface area contributed by atoms with Crippen molar-refractivity contribution in [1.29, 1.82) is 0 Å². The van der Waals surface area contributed by atoms with Gasteiger partial charge in [-0.3, -0.25) is 4.79 Å². The normalized spacial score (nSPS) is 18.6. The number of furan rings is 1. The molecule has 1 aliphatic heterocycles. The lowest BCUT2D eigenvalue weighted by atomic mass is 9.96. The van der Waals surface area contributed by atoms with Crippen molar-refractivity contribution < 1.29 is 14.3 Å². The van der Waals surface area contributed by atoms with E-state index in [0.717, 1.165) is 58.4 Å². The number of unbranched alkanes of at least 4 members (excludes halogenated alkanes) is 1. The van der Waals surface area contributed by atoms with E-state index in [1.165, 1.54) is 0 Å². The van der Waals surface area contributed by atoms with E-state index in [2.05, 4.69) is 20.5 Å². The first-order chi connectivity index (χ1) is 13.4. The van der Waals surface area contributed by atoms with Gasteiger partial charge in [0, 0.05) is 19.0 Å². The van der Waals surface area contributed by atoms with Gasteiger partial charge in [0.05, 0.1) is 12.8 Å². The van der Waals surface area contributed by atoms with E-state index in [0.29, 0.717) is 11.7 Å². The summed E-state index contributed by atoms with van der Waals surface area (Å²) in [6.07, 6.45) is 5.40. The Balaban J connectivity index is 1.67. The lowest BCUT2D eigenvalue weighted by molar-refractivity contribution is -0.123. The van der Waals surface area contributed by atoms with Gasteiger partial charge in [-0.15, -0.1) is 0 Å². The molecule has 8 nitrogen and oxygen atoms in total. The first-order valence-corrected chi connectivity index (χ1v) is 10.2. The summed E-state index contributed by atoms with van der Waals surface area (Å²) in [7, 11) is 0. The Morgan fingerprint density at radius 1 is 1.39 bits per heavy atom. The molecule has 0 aromatic carbocycles. The molecule has 0 saturated carbocycles. The van der Waals surface area contributed by atoms with Crippen LogP contribution < -0.4 is 16.4 Å². The minimum absolute atomic E-state index is 0.0511. The first-order valence-electron chi connectivity index (χ1n) is 10.2. The van der Waals surface area contributed by atoms with Crippen LogP contribution >= 0.6 is 0 Å². The number of piperidine rings is 1. The molecule has 0 aliphatic carbocycles. The SMILES string of the molecule is CCNC(=NCC(C)(O)c1ccco1)NCCCCN1CCC(C(N)=O)CC1. The number of nitrogens with two attached hydrogens (primary N) is 1. The van der Waals surface area contributed by atoms with Crippen LogP contribution in [0.5, 0.6) is 0 Å². The van der Waals surface area contributed by atoms with Crippen LogP contribution in [-0.4, -0.2) is 61.1 Å². The van der Waals surface area contributed by atoms with Crippen molar-refractivity contribution >= 4 is 11.9 Å². The van der Waals surface area contributed by atoms with Crippen molar-refractivity contribution in [3.8, 4) is 0 Å². The summed E-state index contributed by atoms with van der Waals surface area (Å²) >= 11 is 0. The van der Waals surface area contributed by atoms with Crippen LogP contribution in [0.4, 0.5) is 0 Å². The zero-order chi connectivity index (χ0) is 20.4. The van der Waals surface area contributed by atoms with Gasteiger partial charge in [0.25, 0.3) is 0 Å². The van der Waals surface area contributed by atoms with E-state index in [4.69, 9.17) is 10.2 Å². The molecule has 5 N–H and O–H groups in total. The number of nitrogens with one attached hydrogen (secondary N) is 2. The summed E-state index contributed by atoms with van der Waals surface area (Å²) in [5.41, 5.74) is 4.24. The average Bonchev–Trinajstić information content (AvgIpc) is 3.22. The quantitative estimate of drug-likeness (QED) is 0.268. The number of aliphatic imine (C=N–C) groups is 1. The smallest absolute Gasteiger partial charge is 0.220 e. The van der Waals surface area contributed by atoms with Gasteiger partial charge in [0.15, 0.2) is 5.96 Å². The summed E-state index contributed by atoms with van der Waals surface area (Å²) in [6.45, 7) is 8.42. The van der Waals surface area contributed by atoms with Crippen LogP contribution in [0.2, 0.25) is 0 Å². The molecule has 1 aromatic heterocycles. The molecule has 0 spiro atoms. The highest BCUT2D eigenvalue weighted by Crippen LogP contribution is 2.21. The molecule has 28 heavy (non-hydrogen) atoms. The highest BCUT2D eigenvalue weighted by Gasteiger charge is 2.26. The molecule has 2 rings (SSSR count). The Labute approximate surface area is 167 Å². The van der Waals surface area contributed by atoms with E-state index in [1.54, 1.807) is 25.3 Å². The first kappa shape index (κ1) is 22.2. The van der Waals surface area contributed by atoms with Crippen LogP contribution in [-0.2, 0) is 10.4 Å². The number of hydrogen-bond donors (Lipinski definition) is 4. The number of amides is 1. The van der Waals surface area contributed by atoms with E-state index >= 15 is 0 Å². The molecule has 0 radical (unpaired) electrons. The van der Waals surface area contributed by atoms with Gasteiger partial charge in [0.2, 0.25) is 5.91 Å². The predicted molar refractivity (Wildman–Crippen MR) is 110 cm³/mol. The second-order valence-electron chi connectivity index (χ2n) is 7.60. The van der Waals surface area contributed by atoms with Gasteiger partial charge in [0.1, 0.15) is 11.4 Å². The number of likely N-dealkylation sites (tertiary alicyclic amines) is 1. The van der Waals surface area contributed by atoms with Crippen molar-refractivity contribution in [2.75, 3.05) is 39.3 Å². The predicted octanol–water partition coefficient (Wildman–Crippen LogP) is 1.02. The summed E-state index contributed by atoms with van der Waals surface area (Å²) in [4.78, 5) is 18.1. The molecule has 1 fully saturated rings. The molecule has 1 unspecified atom stereocenters. The van der Waals surface area contributed by atoms with Crippen LogP contribution in [0.25, 0.3) is 0 Å². The molecule has 1 amide bonds. The summed E-state index contributed by atoms with van der Waals surface area (Å²) < 4.78 is 5.29. The molecular weight excluding hydrogens is 358 g/mol. The Morgan fingerprint density at radius 2 is 2.14 bits per heavy atom. The molecule has 0 bridgehead atoms. The van der Waals surface area contributed by atoms with Crippen LogP contribution in [0.1, 0.15) is 45.3 Å². The Bertz CT molecular complexity index is 607. The van der Waals surface area contributed by atoms with Crippen LogP contribution in [0, 0.1) is 5.92 Å². The zero-order valence-corrected chi connectivity index (χ0v) is 17.1. The second kappa shape index (κ2) is 11.1. The third-order valence-corrected chi connectivity index (χ3v) is 5.12. The molecule has 8 heteroatoms. The van der Waals surface area contributed by atoms with E-state index in [-0.39, 0.29) is 18.4 Å². The fraction of sp³-hybridized carbons (Fsp3) is 0.700. The largest absolute Gasteiger partial charge is 0.466 e. The fourth-order valence-electron chi connectivity index (χ4n) is 3.35. The number of rotatable bonds is 10. The van der Waals surface area contributed by atoms with Gasteiger partial charge >= 0.3 is 0 Å². The molecule has 1 saturated heterocycles. The molecular formula is C20H35N5O3. The number of guanidine groups is 1. The molecule has 1 aromatic rings. The van der Waals surface area contributed by atoms with Crippen molar-refractivity contribution in [2.24, 2.45) is 16.6 Å². The van der Waals surface area contributed by atoms with Gasteiger partial charge in [-0.2, -0.15) is 0 Å². The highest BCUT2D eigenvalue weighted by molar-refractivity contribution is 5.79. The van der Waals surface area contributed by atoms with Crippen LogP contribution in [0.3, 0.4) is 0 Å². The van der Waals surface area contributed by atoms with Crippen LogP contribution in [0.15, 0.2) is 27.8 Å². The van der Waals surface area contributed by atoms with Gasteiger partial charge in [-0.05, 0) is 71.3 Å². The number of aliphatic hydroxyl groups is 1. The molecule has 1 atom stereocenters. The number of carbonyl (C=O) groups excluding carboxylic acids is 1. The zero-order valence-electron chi connectivity index (χ0n) is 17.1. The number of hydrogen-bond acceptors (Lipinski definition) is 5. The standard InChI is InChI=1S/C20H35N5O3/c1-3-22-19(24-15-20(2,27)17-7-6-14-28-17)23-10-4-5-11-25-12-8-16(9-13-25)18(21)26/h6-7,14,16,27H,3-5,8-13,15H2,1-2H3,(H2,21,26)(H2,22,23,24). The van der Waals surface area contributed by atoms with Gasteiger partial charge < -0.3 is 30.8 Å². The Hall–Kier alpha value is -2.06. The maximum atomic E-state index is 11.2. The highest BCUT2D eigenvalue weighted by atomic mass is 16.4. The third-order valence-electron chi connectivity index (χ3n) is 5.12. The van der Waals surface area contributed by atoms with Gasteiger partial charge in [-0.25, -0.2) is 4.99 Å². The fourth-order valence-corrected chi connectivity index (χ4v) is 3.35. The minimum Gasteiger partial charge on any atom is -0.466 e. The molecule has 158 valence electrons. The van der Waals surface area contributed by atoms with E-state index in [9.17, 15) is 9.90 Å². The summed E-state index contributed by atoms with van der Waals surface area (Å²) in [6, 6.07) is 3.51. The van der Waals surface area contributed by atoms with Crippen molar-refractivity contribution in [3.05, 3.63) is 24.2 Å². The lowest BCUT2D eigenvalue weighted by Crippen LogP contribution is -2.40. The van der Waals surface area contributed by atoms with E-state index < -0.39 is 5.60 Å². The molecule has 2 heterocycles. The third kappa shape index (κ3) is 7.16. The summed E-state index contributed by atoms with van der Waals surface area (Å²) in [5, 5.41) is 17.0. The topological polar surface area (TPSA) is 116 Å². The van der Waals surface area contributed by atoms with E-state index in [1.807, 2.05) is 6.92 Å². The molecule has 1 aliphatic rings. The van der Waals surface area contributed by atoms with Gasteiger partial charge in [-0.1, -0.05) is 0 Å². The number of carbonyl (C=O) groups is 1.